The van der Waals surface area contributed by atoms with E-state index in [0.29, 0.717) is 24.0 Å². The lowest BCUT2D eigenvalue weighted by Crippen LogP contribution is -2.37. The van der Waals surface area contributed by atoms with Crippen molar-refractivity contribution >= 4 is 27.5 Å². The average molecular weight is 280 g/mol. The van der Waals surface area contributed by atoms with E-state index in [1.807, 2.05) is 6.92 Å². The fraction of sp³-hybridized carbons (Fsp3) is 0.900. The van der Waals surface area contributed by atoms with Gasteiger partial charge in [-0.05, 0) is 19.4 Å². The number of nitrogens with one attached hydrogen (secondary N) is 1. The Hall–Kier alpha value is -0.270. The van der Waals surface area contributed by atoms with Gasteiger partial charge in [-0.3, -0.25) is 4.79 Å². The van der Waals surface area contributed by atoms with Crippen LogP contribution in [0.15, 0.2) is 0 Å². The molecule has 0 spiro atoms. The summed E-state index contributed by atoms with van der Waals surface area (Å²) in [4.78, 5) is 11.6. The number of hydrogen-bond donors (Lipinski definition) is 2. The van der Waals surface area contributed by atoms with Crippen molar-refractivity contribution in [2.75, 3.05) is 23.8 Å². The summed E-state index contributed by atoms with van der Waals surface area (Å²) in [7, 11) is -2.92. The first-order valence-electron chi connectivity index (χ1n) is 5.74. The fourth-order valence-electron chi connectivity index (χ4n) is 1.71. The van der Waals surface area contributed by atoms with E-state index in [0.717, 1.165) is 6.42 Å². The van der Waals surface area contributed by atoms with Crippen molar-refractivity contribution in [3.8, 4) is 0 Å². The molecule has 2 atom stereocenters. The van der Waals surface area contributed by atoms with Crippen LogP contribution >= 0.6 is 11.8 Å². The minimum absolute atomic E-state index is 0.0824. The quantitative estimate of drug-likeness (QED) is 0.701. The minimum Gasteiger partial charge on any atom is -0.352 e. The van der Waals surface area contributed by atoms with Crippen LogP contribution in [0.3, 0.4) is 0 Å². The number of carbonyl (C=O) groups excluding carboxylic acids is 1. The highest BCUT2D eigenvalue weighted by Crippen LogP contribution is 2.14. The molecule has 0 saturated carbocycles. The molecule has 1 aliphatic rings. The molecule has 1 fully saturated rings. The highest BCUT2D eigenvalue weighted by molar-refractivity contribution is 8.00. The van der Waals surface area contributed by atoms with Crippen LogP contribution in [0.1, 0.15) is 19.8 Å². The summed E-state index contributed by atoms with van der Waals surface area (Å²) in [6, 6.07) is -0.196. The van der Waals surface area contributed by atoms with Gasteiger partial charge in [0.1, 0.15) is 0 Å². The number of carbonyl (C=O) groups is 1. The van der Waals surface area contributed by atoms with Crippen LogP contribution in [0, 0.1) is 0 Å². The highest BCUT2D eigenvalue weighted by Gasteiger charge is 2.28. The predicted octanol–water partition coefficient (Wildman–Crippen LogP) is -0.240. The van der Waals surface area contributed by atoms with E-state index < -0.39 is 9.84 Å². The maximum Gasteiger partial charge on any atom is 0.230 e. The summed E-state index contributed by atoms with van der Waals surface area (Å²) in [5, 5.41) is 3.12. The third-order valence-corrected chi connectivity index (χ3v) is 5.67. The predicted molar refractivity (Wildman–Crippen MR) is 70.8 cm³/mol. The molecule has 0 radical (unpaired) electrons. The van der Waals surface area contributed by atoms with Crippen molar-refractivity contribution in [2.24, 2.45) is 5.73 Å². The Bertz CT molecular complexity index is 357. The van der Waals surface area contributed by atoms with E-state index in [4.69, 9.17) is 5.73 Å². The van der Waals surface area contributed by atoms with Gasteiger partial charge in [-0.1, -0.05) is 6.92 Å². The zero-order valence-electron chi connectivity index (χ0n) is 10.0. The monoisotopic (exact) mass is 280 g/mol. The molecule has 1 heterocycles. The van der Waals surface area contributed by atoms with Crippen molar-refractivity contribution in [1.29, 1.82) is 0 Å². The molecule has 0 aromatic carbocycles. The summed E-state index contributed by atoms with van der Waals surface area (Å²) in [6.07, 6.45) is 1.42. The molecule has 7 heteroatoms. The average Bonchev–Trinajstić information content (AvgIpc) is 2.55. The van der Waals surface area contributed by atoms with Gasteiger partial charge in [0.2, 0.25) is 5.91 Å². The second-order valence-electron chi connectivity index (χ2n) is 4.37. The number of thioether (sulfide) groups is 1. The van der Waals surface area contributed by atoms with Crippen LogP contribution in [0.4, 0.5) is 0 Å². The van der Waals surface area contributed by atoms with Gasteiger partial charge in [0.05, 0.1) is 17.3 Å². The summed E-state index contributed by atoms with van der Waals surface area (Å²) in [6.45, 7) is 2.65. The Morgan fingerprint density at radius 3 is 2.82 bits per heavy atom. The van der Waals surface area contributed by atoms with E-state index in [1.165, 1.54) is 0 Å². The van der Waals surface area contributed by atoms with E-state index >= 15 is 0 Å². The molecule has 0 aromatic rings. The van der Waals surface area contributed by atoms with Gasteiger partial charge in [0, 0.05) is 11.3 Å². The van der Waals surface area contributed by atoms with Crippen LogP contribution in [0.5, 0.6) is 0 Å². The van der Waals surface area contributed by atoms with Crippen LogP contribution in [0.25, 0.3) is 0 Å². The molecule has 0 aromatic heterocycles. The summed E-state index contributed by atoms with van der Waals surface area (Å²) in [5.41, 5.74) is 5.42. The van der Waals surface area contributed by atoms with Crippen molar-refractivity contribution < 1.29 is 13.2 Å². The summed E-state index contributed by atoms with van der Waals surface area (Å²) in [5.74, 6) is 0.565. The Morgan fingerprint density at radius 1 is 1.59 bits per heavy atom. The molecule has 5 nitrogen and oxygen atoms in total. The fourth-order valence-corrected chi connectivity index (χ4v) is 4.21. The van der Waals surface area contributed by atoms with Crippen molar-refractivity contribution in [2.45, 2.75) is 31.1 Å². The lowest BCUT2D eigenvalue weighted by Gasteiger charge is -2.12. The number of rotatable bonds is 6. The minimum atomic E-state index is -2.92. The molecule has 1 saturated heterocycles. The van der Waals surface area contributed by atoms with Gasteiger partial charge in [0.25, 0.3) is 0 Å². The summed E-state index contributed by atoms with van der Waals surface area (Å²) < 4.78 is 22.4. The van der Waals surface area contributed by atoms with Crippen molar-refractivity contribution in [1.82, 2.24) is 5.32 Å². The van der Waals surface area contributed by atoms with Crippen LogP contribution < -0.4 is 11.1 Å². The first-order chi connectivity index (χ1) is 7.93. The largest absolute Gasteiger partial charge is 0.352 e. The molecule has 2 unspecified atom stereocenters. The number of hydrogen-bond acceptors (Lipinski definition) is 5. The van der Waals surface area contributed by atoms with Gasteiger partial charge in [-0.15, -0.1) is 11.8 Å². The molecule has 100 valence electrons. The molecular weight excluding hydrogens is 260 g/mol. The molecule has 3 N–H and O–H groups in total. The Balaban J connectivity index is 2.22. The van der Waals surface area contributed by atoms with Gasteiger partial charge >= 0.3 is 0 Å². The van der Waals surface area contributed by atoms with E-state index in [1.54, 1.807) is 11.8 Å². The Morgan fingerprint density at radius 2 is 2.29 bits per heavy atom. The summed E-state index contributed by atoms with van der Waals surface area (Å²) >= 11 is 1.55. The maximum absolute atomic E-state index is 11.6. The van der Waals surface area contributed by atoms with Gasteiger partial charge in [-0.25, -0.2) is 8.42 Å². The van der Waals surface area contributed by atoms with E-state index in [-0.39, 0.29) is 23.5 Å². The van der Waals surface area contributed by atoms with Crippen molar-refractivity contribution in [3.63, 3.8) is 0 Å². The lowest BCUT2D eigenvalue weighted by molar-refractivity contribution is -0.119. The lowest BCUT2D eigenvalue weighted by atomic mass is 10.3. The number of nitrogens with two attached hydrogens (primary N) is 1. The standard InChI is InChI=1S/C10H20N2O3S2/c1-8(2-4-11)16-6-10(13)12-9-3-5-17(14,15)7-9/h8-9H,2-7,11H2,1H3,(H,12,13). The van der Waals surface area contributed by atoms with Gasteiger partial charge in [-0.2, -0.15) is 0 Å². The maximum atomic E-state index is 11.6. The third kappa shape index (κ3) is 5.74. The Kier molecular flexibility index (Phi) is 5.75. The van der Waals surface area contributed by atoms with Crippen LogP contribution in [0.2, 0.25) is 0 Å². The van der Waals surface area contributed by atoms with Gasteiger partial charge < -0.3 is 11.1 Å². The second kappa shape index (κ2) is 6.61. The molecule has 17 heavy (non-hydrogen) atoms. The van der Waals surface area contributed by atoms with Crippen LogP contribution in [-0.2, 0) is 14.6 Å². The second-order valence-corrected chi connectivity index (χ2v) is 8.02. The topological polar surface area (TPSA) is 89.3 Å². The van der Waals surface area contributed by atoms with Crippen LogP contribution in [-0.4, -0.2) is 49.4 Å². The van der Waals surface area contributed by atoms with Crippen molar-refractivity contribution in [3.05, 3.63) is 0 Å². The zero-order chi connectivity index (χ0) is 12.9. The SMILES string of the molecule is CC(CCN)SCC(=O)NC1CCS(=O)(=O)C1. The van der Waals surface area contributed by atoms with E-state index in [2.05, 4.69) is 5.32 Å². The molecule has 1 amide bonds. The smallest absolute Gasteiger partial charge is 0.230 e. The van der Waals surface area contributed by atoms with E-state index in [9.17, 15) is 13.2 Å². The normalized spacial score (nSPS) is 24.5. The molecule has 1 aliphatic heterocycles. The molecule has 0 aliphatic carbocycles. The van der Waals surface area contributed by atoms with Gasteiger partial charge in [0.15, 0.2) is 9.84 Å². The third-order valence-electron chi connectivity index (χ3n) is 2.67. The highest BCUT2D eigenvalue weighted by atomic mass is 32.2. The first kappa shape index (κ1) is 14.8. The Labute approximate surface area is 107 Å². The molecule has 0 bridgehead atoms. The molecular formula is C10H20N2O3S2. The zero-order valence-corrected chi connectivity index (χ0v) is 11.6. The first-order valence-corrected chi connectivity index (χ1v) is 8.61. The number of amides is 1. The molecule has 1 rings (SSSR count). The number of sulfone groups is 1.